The van der Waals surface area contributed by atoms with Crippen molar-refractivity contribution in [3.63, 3.8) is 0 Å². The van der Waals surface area contributed by atoms with Gasteiger partial charge in [0.25, 0.3) is 0 Å². The van der Waals surface area contributed by atoms with E-state index >= 15 is 0 Å². The molecule has 0 unspecified atom stereocenters. The first-order valence-corrected chi connectivity index (χ1v) is 8.81. The molecule has 0 spiro atoms. The predicted molar refractivity (Wildman–Crippen MR) is 91.4 cm³/mol. The van der Waals surface area contributed by atoms with Gasteiger partial charge in [0.15, 0.2) is 5.11 Å². The molecule has 4 fully saturated rings. The second kappa shape index (κ2) is 5.55. The molecule has 4 bridgehead atoms. The van der Waals surface area contributed by atoms with Gasteiger partial charge >= 0.3 is 0 Å². The number of benzene rings is 1. The highest BCUT2D eigenvalue weighted by Crippen LogP contribution is 2.60. The topological polar surface area (TPSA) is 41.1 Å². The van der Waals surface area contributed by atoms with Gasteiger partial charge in [0.1, 0.15) is 5.82 Å². The summed E-state index contributed by atoms with van der Waals surface area (Å²) < 4.78 is 13.2. The van der Waals surface area contributed by atoms with Crippen molar-refractivity contribution in [2.24, 2.45) is 23.2 Å². The predicted octanol–water partition coefficient (Wildman–Crippen LogP) is 3.86. The quantitative estimate of drug-likeness (QED) is 0.808. The summed E-state index contributed by atoms with van der Waals surface area (Å²) in [6, 6.07) is 6.08. The van der Waals surface area contributed by atoms with Crippen LogP contribution in [0.1, 0.15) is 38.5 Å². The van der Waals surface area contributed by atoms with Gasteiger partial charge < -0.3 is 10.6 Å². The average Bonchev–Trinajstić information content (AvgIpc) is 2.45. The number of thiocarbonyl (C=S) groups is 1. The molecule has 4 saturated carbocycles. The fourth-order valence-corrected chi connectivity index (χ4v) is 5.56. The van der Waals surface area contributed by atoms with Crippen LogP contribution in [0.15, 0.2) is 24.3 Å². The van der Waals surface area contributed by atoms with Crippen molar-refractivity contribution >= 4 is 28.9 Å². The summed E-state index contributed by atoms with van der Waals surface area (Å²) in [5.74, 6) is 1.89. The van der Waals surface area contributed by atoms with Gasteiger partial charge in [0.05, 0.1) is 5.41 Å². The molecule has 1 amide bonds. The molecule has 3 nitrogen and oxygen atoms in total. The zero-order chi connectivity index (χ0) is 16.0. The van der Waals surface area contributed by atoms with E-state index in [2.05, 4.69) is 10.6 Å². The number of rotatable bonds is 2. The van der Waals surface area contributed by atoms with Gasteiger partial charge in [-0.3, -0.25) is 4.79 Å². The van der Waals surface area contributed by atoms with Crippen molar-refractivity contribution in [2.75, 3.05) is 5.32 Å². The van der Waals surface area contributed by atoms with E-state index in [1.165, 1.54) is 31.4 Å². The van der Waals surface area contributed by atoms with Gasteiger partial charge in [0, 0.05) is 5.69 Å². The van der Waals surface area contributed by atoms with Gasteiger partial charge in [-0.05, 0) is 86.7 Å². The molecule has 0 atom stereocenters. The molecule has 23 heavy (non-hydrogen) atoms. The van der Waals surface area contributed by atoms with E-state index in [1.54, 1.807) is 12.1 Å². The van der Waals surface area contributed by atoms with Crippen molar-refractivity contribution in [3.05, 3.63) is 30.1 Å². The van der Waals surface area contributed by atoms with Crippen LogP contribution in [-0.2, 0) is 4.79 Å². The van der Waals surface area contributed by atoms with Crippen molar-refractivity contribution in [1.29, 1.82) is 0 Å². The number of carbonyl (C=O) groups excluding carboxylic acids is 1. The maximum absolute atomic E-state index is 13.2. The van der Waals surface area contributed by atoms with Crippen LogP contribution in [0.25, 0.3) is 0 Å². The molecule has 0 saturated heterocycles. The summed E-state index contributed by atoms with van der Waals surface area (Å²) in [6.45, 7) is 0. The summed E-state index contributed by atoms with van der Waals surface area (Å²) >= 11 is 5.24. The third-order valence-corrected chi connectivity index (χ3v) is 6.03. The summed E-state index contributed by atoms with van der Waals surface area (Å²) in [5, 5.41) is 6.03. The van der Waals surface area contributed by atoms with Crippen LogP contribution in [0.3, 0.4) is 0 Å². The Bertz CT molecular complexity index is 625. The van der Waals surface area contributed by atoms with Crippen LogP contribution in [-0.4, -0.2) is 11.0 Å². The Labute approximate surface area is 141 Å². The van der Waals surface area contributed by atoms with Crippen LogP contribution >= 0.6 is 12.2 Å². The van der Waals surface area contributed by atoms with Crippen molar-refractivity contribution in [2.45, 2.75) is 38.5 Å². The lowest BCUT2D eigenvalue weighted by molar-refractivity contribution is -0.144. The van der Waals surface area contributed by atoms with Gasteiger partial charge in [-0.15, -0.1) is 0 Å². The van der Waals surface area contributed by atoms with E-state index in [0.29, 0.717) is 5.69 Å². The number of carbonyl (C=O) groups is 1. The van der Waals surface area contributed by atoms with E-state index in [4.69, 9.17) is 12.2 Å². The van der Waals surface area contributed by atoms with Crippen LogP contribution in [0.2, 0.25) is 0 Å². The Hall–Kier alpha value is -1.49. The lowest BCUT2D eigenvalue weighted by Gasteiger charge is -2.55. The third-order valence-electron chi connectivity index (χ3n) is 5.83. The number of hydrogen-bond acceptors (Lipinski definition) is 2. The lowest BCUT2D eigenvalue weighted by Crippen LogP contribution is -2.55. The second-order valence-electron chi connectivity index (χ2n) is 7.62. The van der Waals surface area contributed by atoms with E-state index < -0.39 is 0 Å². The Morgan fingerprint density at radius 1 is 1.13 bits per heavy atom. The van der Waals surface area contributed by atoms with E-state index in [9.17, 15) is 9.18 Å². The summed E-state index contributed by atoms with van der Waals surface area (Å²) in [6.07, 6.45) is 6.93. The highest BCUT2D eigenvalue weighted by molar-refractivity contribution is 7.80. The maximum Gasteiger partial charge on any atom is 0.232 e. The number of halogens is 1. The van der Waals surface area contributed by atoms with Crippen LogP contribution in [0, 0.1) is 29.0 Å². The highest BCUT2D eigenvalue weighted by Gasteiger charge is 2.54. The highest BCUT2D eigenvalue weighted by atomic mass is 32.1. The van der Waals surface area contributed by atoms with Gasteiger partial charge in [-0.25, -0.2) is 4.39 Å². The molecule has 0 aliphatic heterocycles. The monoisotopic (exact) mass is 332 g/mol. The van der Waals surface area contributed by atoms with Crippen molar-refractivity contribution in [1.82, 2.24) is 5.32 Å². The Kier molecular flexibility index (Phi) is 3.63. The van der Waals surface area contributed by atoms with E-state index in [1.807, 2.05) is 0 Å². The zero-order valence-corrected chi connectivity index (χ0v) is 13.8. The summed E-state index contributed by atoms with van der Waals surface area (Å²) in [4.78, 5) is 12.9. The minimum atomic E-state index is -0.329. The Balaban J connectivity index is 1.42. The first-order valence-electron chi connectivity index (χ1n) is 8.40. The van der Waals surface area contributed by atoms with Gasteiger partial charge in [0.2, 0.25) is 5.91 Å². The molecular formula is C18H21FN2OS. The van der Waals surface area contributed by atoms with Crippen LogP contribution in [0.5, 0.6) is 0 Å². The SMILES string of the molecule is O=C(NC(=S)Nc1cccc(F)c1)C12CC3CC(CC(C3)C1)C2. The fourth-order valence-electron chi connectivity index (χ4n) is 5.35. The summed E-state index contributed by atoms with van der Waals surface area (Å²) in [5.41, 5.74) is 0.336. The fraction of sp³-hybridized carbons (Fsp3) is 0.556. The van der Waals surface area contributed by atoms with Crippen molar-refractivity contribution in [3.8, 4) is 0 Å². The Morgan fingerprint density at radius 2 is 1.74 bits per heavy atom. The number of anilines is 1. The third kappa shape index (κ3) is 2.87. The normalized spacial score (nSPS) is 34.2. The first kappa shape index (κ1) is 15.1. The minimum absolute atomic E-state index is 0.0607. The van der Waals surface area contributed by atoms with Crippen LogP contribution in [0.4, 0.5) is 10.1 Å². The molecule has 2 N–H and O–H groups in total. The van der Waals surface area contributed by atoms with Crippen LogP contribution < -0.4 is 10.6 Å². The molecule has 4 aliphatic rings. The molecule has 122 valence electrons. The molecular weight excluding hydrogens is 311 g/mol. The summed E-state index contributed by atoms with van der Waals surface area (Å²) in [7, 11) is 0. The molecule has 0 aromatic heterocycles. The largest absolute Gasteiger partial charge is 0.332 e. The Morgan fingerprint density at radius 3 is 2.30 bits per heavy atom. The number of amides is 1. The molecule has 1 aromatic carbocycles. The molecule has 0 heterocycles. The van der Waals surface area contributed by atoms with Gasteiger partial charge in [-0.1, -0.05) is 6.07 Å². The molecule has 5 rings (SSSR count). The molecule has 1 aromatic rings. The smallest absolute Gasteiger partial charge is 0.232 e. The standard InChI is InChI=1S/C18H21FN2OS/c19-14-2-1-3-15(7-14)20-17(23)21-16(22)18-8-11-4-12(9-18)6-13(5-11)10-18/h1-3,7,11-13H,4-6,8-10H2,(H2,20,21,22,23). The van der Waals surface area contributed by atoms with E-state index in [0.717, 1.165) is 37.0 Å². The van der Waals surface area contributed by atoms with Gasteiger partial charge in [-0.2, -0.15) is 0 Å². The number of hydrogen-bond donors (Lipinski definition) is 2. The minimum Gasteiger partial charge on any atom is -0.332 e. The maximum atomic E-state index is 13.2. The molecule has 4 aliphatic carbocycles. The second-order valence-corrected chi connectivity index (χ2v) is 8.02. The van der Waals surface area contributed by atoms with Crippen molar-refractivity contribution < 1.29 is 9.18 Å². The molecule has 5 heteroatoms. The zero-order valence-electron chi connectivity index (χ0n) is 13.0. The lowest BCUT2D eigenvalue weighted by atomic mass is 9.49. The number of nitrogens with one attached hydrogen (secondary N) is 2. The molecule has 0 radical (unpaired) electrons. The van der Waals surface area contributed by atoms with E-state index in [-0.39, 0.29) is 22.3 Å². The first-order chi connectivity index (χ1) is 11.0. The average molecular weight is 332 g/mol.